The Labute approximate surface area is 69.0 Å². The minimum absolute atomic E-state index is 0.148. The second-order valence-electron chi connectivity index (χ2n) is 3.12. The van der Waals surface area contributed by atoms with Crippen molar-refractivity contribution in [3.8, 4) is 0 Å². The fraction of sp³-hybridized carbons (Fsp3) is 0.375. The van der Waals surface area contributed by atoms with E-state index in [0.717, 1.165) is 0 Å². The van der Waals surface area contributed by atoms with Crippen molar-refractivity contribution in [2.24, 2.45) is 5.73 Å². The molecule has 1 aromatic heterocycles. The predicted molar refractivity (Wildman–Crippen MR) is 40.6 cm³/mol. The minimum atomic E-state index is -1.09. The van der Waals surface area contributed by atoms with E-state index >= 15 is 0 Å². The first kappa shape index (κ1) is 7.36. The third-order valence-corrected chi connectivity index (χ3v) is 2.29. The molecule has 1 heterocycles. The van der Waals surface area contributed by atoms with Crippen molar-refractivity contribution in [2.45, 2.75) is 17.9 Å². The fourth-order valence-corrected chi connectivity index (χ4v) is 1.36. The normalized spacial score (nSPS) is 33.2. The fourth-order valence-electron chi connectivity index (χ4n) is 1.36. The van der Waals surface area contributed by atoms with Gasteiger partial charge in [-0.15, -0.1) is 0 Å². The zero-order valence-electron chi connectivity index (χ0n) is 6.36. The maximum Gasteiger partial charge on any atom is 0.324 e. The van der Waals surface area contributed by atoms with E-state index in [1.807, 2.05) is 0 Å². The Morgan fingerprint density at radius 1 is 1.83 bits per heavy atom. The van der Waals surface area contributed by atoms with Gasteiger partial charge in [0.05, 0.1) is 6.26 Å². The zero-order chi connectivity index (χ0) is 8.77. The van der Waals surface area contributed by atoms with Gasteiger partial charge in [-0.25, -0.2) is 0 Å². The van der Waals surface area contributed by atoms with E-state index in [1.165, 1.54) is 6.26 Å². The van der Waals surface area contributed by atoms with Crippen molar-refractivity contribution in [2.75, 3.05) is 0 Å². The molecule has 0 aromatic carbocycles. The summed E-state index contributed by atoms with van der Waals surface area (Å²) in [6, 6.07) is 3.48. The quantitative estimate of drug-likeness (QED) is 0.674. The van der Waals surface area contributed by atoms with Gasteiger partial charge in [-0.05, 0) is 18.6 Å². The number of hydrogen-bond donors (Lipinski definition) is 2. The summed E-state index contributed by atoms with van der Waals surface area (Å²) in [5.74, 6) is -0.436. The highest BCUT2D eigenvalue weighted by Crippen LogP contribution is 2.49. The van der Waals surface area contributed by atoms with Crippen LogP contribution in [0.1, 0.15) is 18.1 Å². The number of carbonyl (C=O) groups is 1. The summed E-state index contributed by atoms with van der Waals surface area (Å²) in [6.07, 6.45) is 1.99. The van der Waals surface area contributed by atoms with Gasteiger partial charge in [-0.1, -0.05) is 0 Å². The van der Waals surface area contributed by atoms with Crippen LogP contribution in [0.25, 0.3) is 0 Å². The summed E-state index contributed by atoms with van der Waals surface area (Å²) < 4.78 is 5.06. The minimum Gasteiger partial charge on any atom is -0.480 e. The molecule has 1 aliphatic carbocycles. The van der Waals surface area contributed by atoms with E-state index in [1.54, 1.807) is 12.1 Å². The monoisotopic (exact) mass is 167 g/mol. The van der Waals surface area contributed by atoms with Crippen molar-refractivity contribution in [3.63, 3.8) is 0 Å². The van der Waals surface area contributed by atoms with Crippen LogP contribution in [0.3, 0.4) is 0 Å². The van der Waals surface area contributed by atoms with Gasteiger partial charge in [0.2, 0.25) is 0 Å². The lowest BCUT2D eigenvalue weighted by atomic mass is 10.2. The van der Waals surface area contributed by atoms with E-state index < -0.39 is 11.5 Å². The molecule has 2 atom stereocenters. The van der Waals surface area contributed by atoms with Gasteiger partial charge in [0.15, 0.2) is 0 Å². The second kappa shape index (κ2) is 2.10. The summed E-state index contributed by atoms with van der Waals surface area (Å²) in [4.78, 5) is 10.6. The number of rotatable bonds is 2. The zero-order valence-corrected chi connectivity index (χ0v) is 6.36. The van der Waals surface area contributed by atoms with Crippen molar-refractivity contribution in [1.29, 1.82) is 0 Å². The topological polar surface area (TPSA) is 76.5 Å². The Morgan fingerprint density at radius 3 is 3.00 bits per heavy atom. The van der Waals surface area contributed by atoms with Crippen molar-refractivity contribution < 1.29 is 14.3 Å². The Hall–Kier alpha value is -1.29. The third kappa shape index (κ3) is 0.848. The van der Waals surface area contributed by atoms with Crippen LogP contribution >= 0.6 is 0 Å². The Kier molecular flexibility index (Phi) is 1.29. The van der Waals surface area contributed by atoms with Crippen molar-refractivity contribution >= 4 is 5.97 Å². The van der Waals surface area contributed by atoms with Crippen molar-refractivity contribution in [1.82, 2.24) is 0 Å². The average molecular weight is 167 g/mol. The lowest BCUT2D eigenvalue weighted by Gasteiger charge is -2.01. The molecule has 0 bridgehead atoms. The van der Waals surface area contributed by atoms with Crippen LogP contribution in [-0.2, 0) is 4.79 Å². The SMILES string of the molecule is NC1(C(=O)O)CC1c1ccco1. The van der Waals surface area contributed by atoms with E-state index in [2.05, 4.69) is 0 Å². The Morgan fingerprint density at radius 2 is 2.58 bits per heavy atom. The van der Waals surface area contributed by atoms with Crippen LogP contribution in [0.4, 0.5) is 0 Å². The maximum atomic E-state index is 10.6. The number of hydrogen-bond acceptors (Lipinski definition) is 3. The van der Waals surface area contributed by atoms with Crippen LogP contribution in [0.2, 0.25) is 0 Å². The van der Waals surface area contributed by atoms with Crippen LogP contribution < -0.4 is 5.73 Å². The first-order valence-electron chi connectivity index (χ1n) is 3.70. The van der Waals surface area contributed by atoms with E-state index in [4.69, 9.17) is 15.3 Å². The summed E-state index contributed by atoms with van der Waals surface area (Å²) in [5, 5.41) is 8.72. The second-order valence-corrected chi connectivity index (χ2v) is 3.12. The molecule has 1 fully saturated rings. The van der Waals surface area contributed by atoms with Crippen molar-refractivity contribution in [3.05, 3.63) is 24.2 Å². The summed E-state index contributed by atoms with van der Waals surface area (Å²) in [5.41, 5.74) is 4.48. The molecule has 12 heavy (non-hydrogen) atoms. The number of furan rings is 1. The summed E-state index contributed by atoms with van der Waals surface area (Å²) in [7, 11) is 0. The molecule has 4 nitrogen and oxygen atoms in total. The van der Waals surface area contributed by atoms with Gasteiger partial charge in [0.1, 0.15) is 11.3 Å². The molecule has 4 heteroatoms. The Bertz CT molecular complexity index is 306. The highest BCUT2D eigenvalue weighted by Gasteiger charge is 2.59. The molecule has 0 aliphatic heterocycles. The molecule has 64 valence electrons. The molecule has 1 aliphatic rings. The van der Waals surface area contributed by atoms with E-state index in [-0.39, 0.29) is 5.92 Å². The molecular formula is C8H9NO3. The summed E-state index contributed by atoms with van der Waals surface area (Å²) in [6.45, 7) is 0. The van der Waals surface area contributed by atoms with Gasteiger partial charge >= 0.3 is 5.97 Å². The molecule has 3 N–H and O–H groups in total. The average Bonchev–Trinajstić information content (AvgIpc) is 2.49. The first-order chi connectivity index (χ1) is 5.64. The van der Waals surface area contributed by atoms with Crippen LogP contribution in [-0.4, -0.2) is 16.6 Å². The molecule has 0 saturated heterocycles. The van der Waals surface area contributed by atoms with E-state index in [0.29, 0.717) is 12.2 Å². The number of aliphatic carboxylic acids is 1. The van der Waals surface area contributed by atoms with Gasteiger partial charge in [0.25, 0.3) is 0 Å². The van der Waals surface area contributed by atoms with Crippen LogP contribution in [0.5, 0.6) is 0 Å². The van der Waals surface area contributed by atoms with Gasteiger partial charge < -0.3 is 15.3 Å². The van der Waals surface area contributed by atoms with Crippen LogP contribution in [0, 0.1) is 0 Å². The maximum absolute atomic E-state index is 10.6. The highest BCUT2D eigenvalue weighted by molar-refractivity contribution is 5.84. The highest BCUT2D eigenvalue weighted by atomic mass is 16.4. The number of carboxylic acid groups (broad SMARTS) is 1. The molecule has 0 amide bonds. The predicted octanol–water partition coefficient (Wildman–Crippen LogP) is 0.549. The molecule has 0 radical (unpaired) electrons. The molecule has 2 rings (SSSR count). The number of carboxylic acids is 1. The van der Waals surface area contributed by atoms with Gasteiger partial charge in [0, 0.05) is 5.92 Å². The van der Waals surface area contributed by atoms with E-state index in [9.17, 15) is 4.79 Å². The standard InChI is InChI=1S/C8H9NO3/c9-8(7(10)11)4-5(8)6-2-1-3-12-6/h1-3,5H,4,9H2,(H,10,11). The molecule has 1 saturated carbocycles. The summed E-state index contributed by atoms with van der Waals surface area (Å²) >= 11 is 0. The van der Waals surface area contributed by atoms with Gasteiger partial charge in [-0.2, -0.15) is 0 Å². The largest absolute Gasteiger partial charge is 0.480 e. The third-order valence-electron chi connectivity index (χ3n) is 2.29. The molecule has 2 unspecified atom stereocenters. The lowest BCUT2D eigenvalue weighted by Crippen LogP contribution is -2.34. The molecule has 1 aromatic rings. The number of nitrogens with two attached hydrogens (primary N) is 1. The first-order valence-corrected chi connectivity index (χ1v) is 3.70. The van der Waals surface area contributed by atoms with Gasteiger partial charge in [-0.3, -0.25) is 4.79 Å². The lowest BCUT2D eigenvalue weighted by molar-refractivity contribution is -0.139. The molecular weight excluding hydrogens is 158 g/mol. The van der Waals surface area contributed by atoms with Crippen LogP contribution in [0.15, 0.2) is 22.8 Å². The smallest absolute Gasteiger partial charge is 0.324 e. The Balaban J connectivity index is 2.19. The molecule has 0 spiro atoms.